The zero-order valence-electron chi connectivity index (χ0n) is 6.75. The van der Waals surface area contributed by atoms with Gasteiger partial charge in [-0.2, -0.15) is 0 Å². The lowest BCUT2D eigenvalue weighted by atomic mass is 10.2. The molecule has 0 N–H and O–H groups in total. The highest BCUT2D eigenvalue weighted by Gasteiger charge is 2.06. The third-order valence-electron chi connectivity index (χ3n) is 1.40. The summed E-state index contributed by atoms with van der Waals surface area (Å²) in [4.78, 5) is 0. The van der Waals surface area contributed by atoms with Gasteiger partial charge in [0.2, 0.25) is 0 Å². The van der Waals surface area contributed by atoms with Crippen LogP contribution in [0.5, 0.6) is 0 Å². The van der Waals surface area contributed by atoms with Gasteiger partial charge in [-0.25, -0.2) is 17.2 Å². The van der Waals surface area contributed by atoms with E-state index < -0.39 is 26.2 Å². The van der Waals surface area contributed by atoms with Gasteiger partial charge in [0.15, 0.2) is 0 Å². The van der Waals surface area contributed by atoms with E-state index >= 15 is 0 Å². The number of halogens is 3. The molecule has 2 nitrogen and oxygen atoms in total. The van der Waals surface area contributed by atoms with Crippen LogP contribution in [0.15, 0.2) is 23.6 Å². The predicted molar refractivity (Wildman–Crippen MR) is 50.2 cm³/mol. The van der Waals surface area contributed by atoms with Crippen molar-refractivity contribution in [3.8, 4) is 0 Å². The fraction of sp³-hybridized carbons (Fsp3) is 0. The van der Waals surface area contributed by atoms with Gasteiger partial charge in [0.25, 0.3) is 9.05 Å². The van der Waals surface area contributed by atoms with Crippen LogP contribution in [-0.2, 0) is 9.05 Å². The number of hydrogen-bond donors (Lipinski definition) is 0. The van der Waals surface area contributed by atoms with Crippen molar-refractivity contribution in [1.82, 2.24) is 0 Å². The lowest BCUT2D eigenvalue weighted by Crippen LogP contribution is -1.88. The van der Waals surface area contributed by atoms with Crippen LogP contribution in [0.3, 0.4) is 0 Å². The normalized spacial score (nSPS) is 12.2. The topological polar surface area (TPSA) is 34.1 Å². The van der Waals surface area contributed by atoms with E-state index in [1.807, 2.05) is 0 Å². The molecule has 0 spiro atoms. The van der Waals surface area contributed by atoms with Crippen LogP contribution >= 0.6 is 10.7 Å². The Balaban J connectivity index is 3.15. The molecular formula is C8H5ClF2O2S. The maximum Gasteiger partial charge on any atom is 0.254 e. The summed E-state index contributed by atoms with van der Waals surface area (Å²) in [5.74, 6) is -1.69. The van der Waals surface area contributed by atoms with Gasteiger partial charge in [0.1, 0.15) is 11.6 Å². The minimum Gasteiger partial charge on any atom is -0.208 e. The standard InChI is InChI=1S/C8H5ClF2O2S/c9-14(12,13)5-4-6-7(10)2-1-3-8(6)11/h1-5H/b5-4+. The first-order valence-electron chi connectivity index (χ1n) is 3.47. The zero-order valence-corrected chi connectivity index (χ0v) is 8.32. The summed E-state index contributed by atoms with van der Waals surface area (Å²) in [6, 6.07) is 3.21. The molecular weight excluding hydrogens is 234 g/mol. The van der Waals surface area contributed by atoms with Crippen molar-refractivity contribution in [1.29, 1.82) is 0 Å². The summed E-state index contributed by atoms with van der Waals surface area (Å²) >= 11 is 0. The van der Waals surface area contributed by atoms with Gasteiger partial charge in [0, 0.05) is 21.7 Å². The van der Waals surface area contributed by atoms with Gasteiger partial charge in [0.05, 0.1) is 0 Å². The molecule has 0 fully saturated rings. The number of benzene rings is 1. The van der Waals surface area contributed by atoms with Crippen LogP contribution in [-0.4, -0.2) is 8.42 Å². The summed E-state index contributed by atoms with van der Waals surface area (Å²) < 4.78 is 46.7. The second-order valence-electron chi connectivity index (χ2n) is 2.41. The van der Waals surface area contributed by atoms with Crippen molar-refractivity contribution in [3.63, 3.8) is 0 Å². The average molecular weight is 239 g/mol. The molecule has 0 atom stereocenters. The van der Waals surface area contributed by atoms with Crippen LogP contribution in [0.4, 0.5) is 8.78 Å². The molecule has 0 radical (unpaired) electrons. The van der Waals surface area contributed by atoms with Gasteiger partial charge in [-0.3, -0.25) is 0 Å². The fourth-order valence-electron chi connectivity index (χ4n) is 0.819. The Labute approximate surface area is 84.2 Å². The summed E-state index contributed by atoms with van der Waals surface area (Å²) in [6.07, 6.45) is 0.771. The second-order valence-corrected chi connectivity index (χ2v) is 4.93. The van der Waals surface area contributed by atoms with Crippen LogP contribution in [0.25, 0.3) is 6.08 Å². The van der Waals surface area contributed by atoms with Crippen molar-refractivity contribution in [3.05, 3.63) is 40.8 Å². The Hall–Kier alpha value is -0.940. The Bertz CT molecular complexity index is 448. The Kier molecular flexibility index (Phi) is 3.23. The molecule has 0 amide bonds. The zero-order chi connectivity index (χ0) is 10.8. The average Bonchev–Trinajstić information content (AvgIpc) is 2.01. The van der Waals surface area contributed by atoms with E-state index in [9.17, 15) is 17.2 Å². The SMILES string of the molecule is O=S(=O)(Cl)/C=C/c1c(F)cccc1F. The van der Waals surface area contributed by atoms with Gasteiger partial charge in [-0.1, -0.05) is 6.07 Å². The van der Waals surface area contributed by atoms with E-state index in [2.05, 4.69) is 0 Å². The fourth-order valence-corrected chi connectivity index (χ4v) is 1.27. The van der Waals surface area contributed by atoms with Crippen LogP contribution in [0, 0.1) is 11.6 Å². The van der Waals surface area contributed by atoms with Crippen LogP contribution < -0.4 is 0 Å². The predicted octanol–water partition coefficient (Wildman–Crippen LogP) is 2.50. The highest BCUT2D eigenvalue weighted by Crippen LogP contribution is 2.15. The van der Waals surface area contributed by atoms with Crippen molar-refractivity contribution in [2.45, 2.75) is 0 Å². The summed E-state index contributed by atoms with van der Waals surface area (Å²) in [6.45, 7) is 0. The molecule has 0 saturated carbocycles. The first kappa shape index (κ1) is 11.1. The summed E-state index contributed by atoms with van der Waals surface area (Å²) in [5, 5.41) is 0.524. The molecule has 1 aromatic rings. The minimum absolute atomic E-state index is 0.434. The van der Waals surface area contributed by atoms with E-state index in [1.54, 1.807) is 0 Å². The molecule has 1 rings (SSSR count). The molecule has 76 valence electrons. The second kappa shape index (κ2) is 4.06. The molecule has 0 aromatic heterocycles. The molecule has 1 aromatic carbocycles. The molecule has 14 heavy (non-hydrogen) atoms. The van der Waals surface area contributed by atoms with E-state index in [-0.39, 0.29) is 0 Å². The van der Waals surface area contributed by atoms with Gasteiger partial charge >= 0.3 is 0 Å². The van der Waals surface area contributed by atoms with E-state index in [0.717, 1.165) is 18.2 Å². The van der Waals surface area contributed by atoms with Crippen molar-refractivity contribution >= 4 is 25.8 Å². The highest BCUT2D eigenvalue weighted by molar-refractivity contribution is 8.16. The number of rotatable bonds is 2. The smallest absolute Gasteiger partial charge is 0.208 e. The highest BCUT2D eigenvalue weighted by atomic mass is 35.7. The van der Waals surface area contributed by atoms with Gasteiger partial charge in [-0.05, 0) is 18.2 Å². The number of hydrogen-bond acceptors (Lipinski definition) is 2. The monoisotopic (exact) mass is 238 g/mol. The Morgan fingerprint density at radius 2 is 1.71 bits per heavy atom. The molecule has 0 saturated heterocycles. The first-order chi connectivity index (χ1) is 6.40. The summed E-state index contributed by atoms with van der Waals surface area (Å²) in [7, 11) is 0.931. The lowest BCUT2D eigenvalue weighted by Gasteiger charge is -1.96. The molecule has 0 unspecified atom stereocenters. The molecule has 0 aliphatic rings. The third kappa shape index (κ3) is 3.08. The maximum atomic E-state index is 12.9. The van der Waals surface area contributed by atoms with Crippen LogP contribution in [0.2, 0.25) is 0 Å². The molecule has 6 heteroatoms. The third-order valence-corrected chi connectivity index (χ3v) is 2.17. The quantitative estimate of drug-likeness (QED) is 0.742. The lowest BCUT2D eigenvalue weighted by molar-refractivity contribution is 0.579. The first-order valence-corrected chi connectivity index (χ1v) is 5.84. The van der Waals surface area contributed by atoms with Crippen LogP contribution in [0.1, 0.15) is 5.56 Å². The van der Waals surface area contributed by atoms with Gasteiger partial charge in [-0.15, -0.1) is 0 Å². The Morgan fingerprint density at radius 3 is 2.14 bits per heavy atom. The van der Waals surface area contributed by atoms with E-state index in [4.69, 9.17) is 10.7 Å². The van der Waals surface area contributed by atoms with Gasteiger partial charge < -0.3 is 0 Å². The molecule has 0 aliphatic carbocycles. The van der Waals surface area contributed by atoms with E-state index in [0.29, 0.717) is 5.41 Å². The summed E-state index contributed by atoms with van der Waals surface area (Å²) in [5.41, 5.74) is -0.434. The van der Waals surface area contributed by atoms with Crippen molar-refractivity contribution in [2.24, 2.45) is 0 Å². The largest absolute Gasteiger partial charge is 0.254 e. The van der Waals surface area contributed by atoms with E-state index in [1.165, 1.54) is 6.07 Å². The van der Waals surface area contributed by atoms with Crippen molar-refractivity contribution < 1.29 is 17.2 Å². The molecule has 0 aliphatic heterocycles. The maximum absolute atomic E-state index is 12.9. The molecule has 0 heterocycles. The Morgan fingerprint density at radius 1 is 1.21 bits per heavy atom. The minimum atomic E-state index is -3.90. The molecule has 0 bridgehead atoms. The van der Waals surface area contributed by atoms with Crippen molar-refractivity contribution in [2.75, 3.05) is 0 Å².